The normalized spacial score (nSPS) is 12.8. The highest BCUT2D eigenvalue weighted by Crippen LogP contribution is 2.49. The summed E-state index contributed by atoms with van der Waals surface area (Å²) in [6.07, 6.45) is 2.83. The predicted octanol–water partition coefficient (Wildman–Crippen LogP) is 9.04. The third-order valence-electron chi connectivity index (χ3n) is 11.0. The molecule has 0 fully saturated rings. The van der Waals surface area contributed by atoms with Gasteiger partial charge in [-0.25, -0.2) is 11.2 Å². The first kappa shape index (κ1) is 60.1. The van der Waals surface area contributed by atoms with Crippen LogP contribution in [0.15, 0.2) is 91.0 Å². The molecule has 3 aromatic rings. The van der Waals surface area contributed by atoms with Crippen molar-refractivity contribution in [3.8, 4) is 11.5 Å². The van der Waals surface area contributed by atoms with Gasteiger partial charge < -0.3 is 52.4 Å². The van der Waals surface area contributed by atoms with Gasteiger partial charge in [0.05, 0.1) is 60.0 Å². The quantitative estimate of drug-likeness (QED) is 0.0110. The van der Waals surface area contributed by atoms with Gasteiger partial charge in [-0.1, -0.05) is 61.2 Å². The number of carbonyl (C=O) groups excluding carboxylic acids is 4. The summed E-state index contributed by atoms with van der Waals surface area (Å²) >= 11 is 0. The largest absolute Gasteiger partial charge is 0.497 e. The summed E-state index contributed by atoms with van der Waals surface area (Å²) in [5.74, 6) is -0.592. The first-order chi connectivity index (χ1) is 34.2. The average molecular weight is 1010 g/mol. The summed E-state index contributed by atoms with van der Waals surface area (Å²) in [4.78, 5) is 56.4. The molecule has 2 atom stereocenters. The van der Waals surface area contributed by atoms with Gasteiger partial charge in [-0.05, 0) is 109 Å². The molecule has 3 aromatic carbocycles. The molecular weight excluding hydrogens is 930 g/mol. The van der Waals surface area contributed by atoms with Crippen molar-refractivity contribution in [3.63, 3.8) is 0 Å². The molecule has 17 heteroatoms. The third kappa shape index (κ3) is 19.0. The molecule has 1 N–H and O–H groups in total. The Bertz CT molecular complexity index is 2070. The number of esters is 2. The first-order valence-corrected chi connectivity index (χ1v) is 25.5. The Balaban J connectivity index is 1.85. The number of methoxy groups -OCH3 is 1. The summed E-state index contributed by atoms with van der Waals surface area (Å²) in [7, 11) is -0.311. The van der Waals surface area contributed by atoms with Crippen LogP contribution in [0.5, 0.6) is 11.5 Å². The minimum absolute atomic E-state index is 0.0320. The number of nitrogens with zero attached hydrogens (tertiary/aromatic N) is 2. The fourth-order valence-corrected chi connectivity index (χ4v) is 9.12. The molecule has 0 aliphatic carbocycles. The van der Waals surface area contributed by atoms with E-state index < -0.39 is 44.7 Å². The number of nitrogens with one attached hydrogen (secondary N) is 1. The number of rotatable bonds is 37. The molecule has 2 unspecified atom stereocenters. The van der Waals surface area contributed by atoms with Crippen molar-refractivity contribution in [3.05, 3.63) is 119 Å². The van der Waals surface area contributed by atoms with Gasteiger partial charge in [0.1, 0.15) is 29.5 Å². The molecule has 390 valence electrons. The summed E-state index contributed by atoms with van der Waals surface area (Å²) in [5.41, 5.74) is -1.11. The molecule has 0 radical (unpaired) electrons. The van der Waals surface area contributed by atoms with E-state index in [1.165, 1.54) is 0 Å². The second-order valence-electron chi connectivity index (χ2n) is 17.1. The van der Waals surface area contributed by atoms with Crippen LogP contribution in [-0.2, 0) is 57.5 Å². The zero-order chi connectivity index (χ0) is 52.1. The molecule has 0 spiro atoms. The zero-order valence-corrected chi connectivity index (χ0v) is 43.9. The second-order valence-corrected chi connectivity index (χ2v) is 18.6. The molecule has 16 nitrogen and oxygen atoms in total. The maximum absolute atomic E-state index is 14.4. The molecule has 0 aliphatic rings. The van der Waals surface area contributed by atoms with Crippen LogP contribution in [0.3, 0.4) is 0 Å². The van der Waals surface area contributed by atoms with Gasteiger partial charge in [0.25, 0.3) is 8.53 Å². The highest BCUT2D eigenvalue weighted by molar-refractivity contribution is 7.44. The lowest BCUT2D eigenvalue weighted by Crippen LogP contribution is -2.51. The Kier molecular flexibility index (Phi) is 27.6. The van der Waals surface area contributed by atoms with Gasteiger partial charge in [0, 0.05) is 43.7 Å². The second kappa shape index (κ2) is 32.7. The van der Waals surface area contributed by atoms with Crippen LogP contribution >= 0.6 is 8.53 Å². The monoisotopic (exact) mass is 1010 g/mol. The van der Waals surface area contributed by atoms with Gasteiger partial charge in [-0.3, -0.25) is 19.2 Å². The molecule has 1 amide bonds. The standard InChI is InChI=1S/C54H76N3O13P/c1-11-65-51(60)53(52(61)66-12-2,40-70-71(69-36-31-55-9)57(42(5)6)43(7)8)39-68-54(44-19-14-13-15-20-44,45-23-27-48(62-10)28-24-45)46-25-29-49(30-26-46)67-34-17-16-21-47(58)22-18-33-63-37-38-64-35-32-56-50(59)41(3)4/h13-15,19-20,23-30,42-43H,3,11-12,16-18,21-22,31-40H2,1-2,4-8,10H3,(H,56,59). The van der Waals surface area contributed by atoms with Crippen LogP contribution < -0.4 is 14.8 Å². The number of unbranched alkanes of at least 4 members (excludes halogenated alkanes) is 1. The van der Waals surface area contributed by atoms with Crippen molar-refractivity contribution in [2.45, 2.75) is 98.3 Å². The maximum Gasteiger partial charge on any atom is 0.328 e. The van der Waals surface area contributed by atoms with E-state index >= 15 is 0 Å². The molecule has 0 bridgehead atoms. The van der Waals surface area contributed by atoms with E-state index in [1.54, 1.807) is 27.9 Å². The first-order valence-electron chi connectivity index (χ1n) is 24.4. The van der Waals surface area contributed by atoms with E-state index in [1.807, 2.05) is 111 Å². The van der Waals surface area contributed by atoms with E-state index in [-0.39, 0.29) is 50.1 Å². The molecular formula is C54H76N3O13P. The van der Waals surface area contributed by atoms with E-state index in [4.69, 9.17) is 48.8 Å². The Morgan fingerprint density at radius 2 is 1.27 bits per heavy atom. The van der Waals surface area contributed by atoms with Crippen LogP contribution in [0, 0.1) is 12.0 Å². The summed E-state index contributed by atoms with van der Waals surface area (Å²) < 4.78 is 56.0. The summed E-state index contributed by atoms with van der Waals surface area (Å²) in [6, 6.07) is 24.2. The summed E-state index contributed by atoms with van der Waals surface area (Å²) in [5, 5.41) is 2.70. The molecule has 0 aromatic heterocycles. The van der Waals surface area contributed by atoms with E-state index in [0.717, 1.165) is 0 Å². The topological polar surface area (TPSA) is 171 Å². The fraction of sp³-hybridized carbons (Fsp3) is 0.537. The fourth-order valence-electron chi connectivity index (χ4n) is 7.46. The maximum atomic E-state index is 14.4. The molecule has 0 heterocycles. The van der Waals surface area contributed by atoms with Crippen LogP contribution in [-0.4, -0.2) is 127 Å². The van der Waals surface area contributed by atoms with Gasteiger partial charge in [-0.15, -0.1) is 0 Å². The lowest BCUT2D eigenvalue weighted by atomic mass is 9.79. The minimum Gasteiger partial charge on any atom is -0.497 e. The van der Waals surface area contributed by atoms with Gasteiger partial charge in [0.15, 0.2) is 0 Å². The third-order valence-corrected chi connectivity index (χ3v) is 13.1. The van der Waals surface area contributed by atoms with Crippen LogP contribution in [0.1, 0.15) is 97.3 Å². The number of hydrogen-bond donors (Lipinski definition) is 1. The number of amides is 1. The molecule has 3 rings (SSSR count). The Labute approximate surface area is 422 Å². The molecule has 0 saturated carbocycles. The average Bonchev–Trinajstić information content (AvgIpc) is 3.36. The van der Waals surface area contributed by atoms with E-state index in [9.17, 15) is 19.2 Å². The number of hydrogen-bond acceptors (Lipinski definition) is 14. The minimum atomic E-state index is -2.14. The number of benzene rings is 3. The highest BCUT2D eigenvalue weighted by Gasteiger charge is 2.53. The number of Topliss-reactive ketones (excluding diaryl/α,β-unsaturated/α-hetero) is 1. The van der Waals surface area contributed by atoms with Gasteiger partial charge >= 0.3 is 11.9 Å². The highest BCUT2D eigenvalue weighted by atomic mass is 31.2. The van der Waals surface area contributed by atoms with Crippen LogP contribution in [0.4, 0.5) is 0 Å². The lowest BCUT2D eigenvalue weighted by Gasteiger charge is -2.40. The number of carbonyl (C=O) groups is 4. The van der Waals surface area contributed by atoms with Crippen LogP contribution in [0.2, 0.25) is 0 Å². The van der Waals surface area contributed by atoms with Crippen molar-refractivity contribution in [1.82, 2.24) is 9.99 Å². The molecule has 0 aliphatic heterocycles. The summed E-state index contributed by atoms with van der Waals surface area (Å²) in [6.45, 7) is 25.3. The van der Waals surface area contributed by atoms with Crippen molar-refractivity contribution in [2.24, 2.45) is 5.41 Å². The Morgan fingerprint density at radius 3 is 1.82 bits per heavy atom. The van der Waals surface area contributed by atoms with Crippen molar-refractivity contribution in [1.29, 1.82) is 0 Å². The van der Waals surface area contributed by atoms with Crippen molar-refractivity contribution < 1.29 is 61.4 Å². The van der Waals surface area contributed by atoms with Gasteiger partial charge in [0.2, 0.25) is 17.9 Å². The molecule has 71 heavy (non-hydrogen) atoms. The van der Waals surface area contributed by atoms with E-state index in [2.05, 4.69) is 16.7 Å². The molecule has 0 saturated heterocycles. The Hall–Kier alpha value is -5.24. The van der Waals surface area contributed by atoms with Gasteiger partial charge in [-0.2, -0.15) is 0 Å². The van der Waals surface area contributed by atoms with Crippen LogP contribution in [0.25, 0.3) is 4.85 Å². The SMILES string of the molecule is [C-]#[N+]CCOP(OCC(COC(c1ccccc1)(c1ccc(OC)cc1)c1ccc(OCCCCC(=O)CCCOCCOCCNC(=O)C(=C)C)cc1)(C(=O)OCC)C(=O)OCC)N(C(C)C)C(C)C. The lowest BCUT2D eigenvalue weighted by molar-refractivity contribution is -0.183. The van der Waals surface area contributed by atoms with E-state index in [0.29, 0.717) is 105 Å². The number of ether oxygens (including phenoxy) is 7. The zero-order valence-electron chi connectivity index (χ0n) is 43.0. The van der Waals surface area contributed by atoms with Crippen molar-refractivity contribution in [2.75, 3.05) is 86.3 Å². The Morgan fingerprint density at radius 1 is 0.704 bits per heavy atom. The smallest absolute Gasteiger partial charge is 0.328 e. The van der Waals surface area contributed by atoms with Crippen molar-refractivity contribution >= 4 is 32.2 Å². The predicted molar refractivity (Wildman–Crippen MR) is 273 cm³/mol. The number of ketones is 1.